The van der Waals surface area contributed by atoms with Gasteiger partial charge < -0.3 is 5.73 Å². The number of amides is 1. The van der Waals surface area contributed by atoms with Crippen LogP contribution in [0.4, 0.5) is 0 Å². The van der Waals surface area contributed by atoms with Gasteiger partial charge >= 0.3 is 0 Å². The first-order valence-electron chi connectivity index (χ1n) is 5.48. The second-order valence-electron chi connectivity index (χ2n) is 4.28. The highest BCUT2D eigenvalue weighted by Crippen LogP contribution is 2.21. The number of primary amides is 1. The SMILES string of the molecule is CC(C)C(C(N)=O)c1nnc2ccccc2n1. The molecule has 1 unspecified atom stereocenters. The van der Waals surface area contributed by atoms with Crippen LogP contribution >= 0.6 is 0 Å². The minimum Gasteiger partial charge on any atom is -0.369 e. The fourth-order valence-corrected chi connectivity index (χ4v) is 1.78. The predicted octanol–water partition coefficient (Wildman–Crippen LogP) is 1.25. The maximum absolute atomic E-state index is 11.4. The number of carbonyl (C=O) groups is 1. The van der Waals surface area contributed by atoms with Crippen LogP contribution in [-0.4, -0.2) is 21.1 Å². The van der Waals surface area contributed by atoms with Crippen LogP contribution in [0.3, 0.4) is 0 Å². The molecule has 2 aromatic rings. The second-order valence-corrected chi connectivity index (χ2v) is 4.28. The van der Waals surface area contributed by atoms with E-state index in [0.29, 0.717) is 11.3 Å². The van der Waals surface area contributed by atoms with E-state index in [0.717, 1.165) is 5.52 Å². The van der Waals surface area contributed by atoms with Gasteiger partial charge in [-0.2, -0.15) is 0 Å². The van der Waals surface area contributed by atoms with E-state index in [4.69, 9.17) is 5.73 Å². The van der Waals surface area contributed by atoms with Crippen molar-refractivity contribution in [2.24, 2.45) is 11.7 Å². The van der Waals surface area contributed by atoms with Crippen molar-refractivity contribution in [2.45, 2.75) is 19.8 Å². The van der Waals surface area contributed by atoms with Crippen LogP contribution in [0.25, 0.3) is 11.0 Å². The Labute approximate surface area is 99.1 Å². The zero-order valence-electron chi connectivity index (χ0n) is 9.79. The number of aromatic nitrogens is 3. The maximum Gasteiger partial charge on any atom is 0.228 e. The summed E-state index contributed by atoms with van der Waals surface area (Å²) in [5, 5.41) is 8.03. The van der Waals surface area contributed by atoms with Gasteiger partial charge in [-0.05, 0) is 18.1 Å². The largest absolute Gasteiger partial charge is 0.369 e. The average molecular weight is 230 g/mol. The van der Waals surface area contributed by atoms with Crippen LogP contribution in [0.5, 0.6) is 0 Å². The molecule has 2 N–H and O–H groups in total. The lowest BCUT2D eigenvalue weighted by atomic mass is 9.94. The molecule has 88 valence electrons. The zero-order valence-corrected chi connectivity index (χ0v) is 9.79. The number of carbonyl (C=O) groups excluding carboxylic acids is 1. The molecule has 0 spiro atoms. The lowest BCUT2D eigenvalue weighted by Crippen LogP contribution is -2.27. The summed E-state index contributed by atoms with van der Waals surface area (Å²) in [4.78, 5) is 15.7. The van der Waals surface area contributed by atoms with Gasteiger partial charge in [-0.15, -0.1) is 10.2 Å². The van der Waals surface area contributed by atoms with Gasteiger partial charge in [0.2, 0.25) is 5.91 Å². The van der Waals surface area contributed by atoms with Gasteiger partial charge in [-0.1, -0.05) is 26.0 Å². The third-order valence-electron chi connectivity index (χ3n) is 2.63. The van der Waals surface area contributed by atoms with Crippen molar-refractivity contribution in [3.05, 3.63) is 30.1 Å². The Kier molecular flexibility index (Phi) is 2.99. The Bertz CT molecular complexity index is 553. The smallest absolute Gasteiger partial charge is 0.228 e. The first kappa shape index (κ1) is 11.4. The Morgan fingerprint density at radius 1 is 1.18 bits per heavy atom. The molecule has 0 saturated heterocycles. The number of nitrogens with zero attached hydrogens (tertiary/aromatic N) is 3. The van der Waals surface area contributed by atoms with E-state index in [1.54, 1.807) is 0 Å². The molecule has 0 fully saturated rings. The number of nitrogens with two attached hydrogens (primary N) is 1. The number of para-hydroxylation sites is 1. The number of hydrogen-bond acceptors (Lipinski definition) is 4. The predicted molar refractivity (Wildman–Crippen MR) is 64.1 cm³/mol. The first-order valence-corrected chi connectivity index (χ1v) is 5.48. The van der Waals surface area contributed by atoms with Crippen LogP contribution in [0.15, 0.2) is 24.3 Å². The van der Waals surface area contributed by atoms with Crippen molar-refractivity contribution in [2.75, 3.05) is 0 Å². The van der Waals surface area contributed by atoms with Crippen molar-refractivity contribution >= 4 is 16.9 Å². The lowest BCUT2D eigenvalue weighted by molar-refractivity contribution is -0.120. The molecule has 0 aliphatic carbocycles. The molecule has 0 aliphatic heterocycles. The quantitative estimate of drug-likeness (QED) is 0.860. The van der Waals surface area contributed by atoms with E-state index in [-0.39, 0.29) is 5.92 Å². The molecule has 5 nitrogen and oxygen atoms in total. The lowest BCUT2D eigenvalue weighted by Gasteiger charge is -2.14. The molecule has 2 rings (SSSR count). The summed E-state index contributed by atoms with van der Waals surface area (Å²) < 4.78 is 0. The van der Waals surface area contributed by atoms with E-state index in [1.807, 2.05) is 38.1 Å². The van der Waals surface area contributed by atoms with Gasteiger partial charge in [0.05, 0.1) is 5.52 Å². The van der Waals surface area contributed by atoms with Crippen LogP contribution < -0.4 is 5.73 Å². The fourth-order valence-electron chi connectivity index (χ4n) is 1.78. The minimum absolute atomic E-state index is 0.0514. The normalized spacial score (nSPS) is 12.9. The Hall–Kier alpha value is -2.04. The van der Waals surface area contributed by atoms with Crippen molar-refractivity contribution in [1.82, 2.24) is 15.2 Å². The van der Waals surface area contributed by atoms with Gasteiger partial charge in [0.1, 0.15) is 11.4 Å². The van der Waals surface area contributed by atoms with Crippen molar-refractivity contribution in [3.8, 4) is 0 Å². The number of fused-ring (bicyclic) bond motifs is 1. The molecule has 0 aliphatic rings. The van der Waals surface area contributed by atoms with Crippen molar-refractivity contribution in [3.63, 3.8) is 0 Å². The van der Waals surface area contributed by atoms with E-state index in [2.05, 4.69) is 15.2 Å². The van der Waals surface area contributed by atoms with E-state index < -0.39 is 11.8 Å². The van der Waals surface area contributed by atoms with E-state index in [9.17, 15) is 4.79 Å². The second kappa shape index (κ2) is 4.45. The van der Waals surface area contributed by atoms with Crippen molar-refractivity contribution in [1.29, 1.82) is 0 Å². The molecule has 1 heterocycles. The Balaban J connectivity index is 2.51. The summed E-state index contributed by atoms with van der Waals surface area (Å²) in [7, 11) is 0. The summed E-state index contributed by atoms with van der Waals surface area (Å²) in [6.45, 7) is 3.82. The molecule has 1 atom stereocenters. The third-order valence-corrected chi connectivity index (χ3v) is 2.63. The topological polar surface area (TPSA) is 81.8 Å². The van der Waals surface area contributed by atoms with E-state index >= 15 is 0 Å². The number of rotatable bonds is 3. The summed E-state index contributed by atoms with van der Waals surface area (Å²) in [6.07, 6.45) is 0. The average Bonchev–Trinajstić information content (AvgIpc) is 2.28. The monoisotopic (exact) mass is 230 g/mol. The molecule has 0 bridgehead atoms. The van der Waals surface area contributed by atoms with Crippen LogP contribution in [0.1, 0.15) is 25.6 Å². The summed E-state index contributed by atoms with van der Waals surface area (Å²) >= 11 is 0. The molecular formula is C12H14N4O. The van der Waals surface area contributed by atoms with Gasteiger partial charge in [0, 0.05) is 0 Å². The third kappa shape index (κ3) is 2.22. The molecule has 17 heavy (non-hydrogen) atoms. The number of hydrogen-bond donors (Lipinski definition) is 1. The van der Waals surface area contributed by atoms with Crippen LogP contribution in [0.2, 0.25) is 0 Å². The van der Waals surface area contributed by atoms with Crippen molar-refractivity contribution < 1.29 is 4.79 Å². The fraction of sp³-hybridized carbons (Fsp3) is 0.333. The summed E-state index contributed by atoms with van der Waals surface area (Å²) in [5.74, 6) is -0.467. The highest BCUT2D eigenvalue weighted by molar-refractivity contribution is 5.82. The van der Waals surface area contributed by atoms with Gasteiger partial charge in [0.25, 0.3) is 0 Å². The van der Waals surface area contributed by atoms with E-state index in [1.165, 1.54) is 0 Å². The first-order chi connectivity index (χ1) is 8.09. The number of benzene rings is 1. The minimum atomic E-state index is -0.493. The molecule has 1 aromatic heterocycles. The van der Waals surface area contributed by atoms with Gasteiger partial charge in [-0.25, -0.2) is 4.98 Å². The Morgan fingerprint density at radius 2 is 1.82 bits per heavy atom. The standard InChI is InChI=1S/C12H14N4O/c1-7(2)10(11(13)17)12-14-8-5-3-4-6-9(8)15-16-12/h3-7,10H,1-2H3,(H2,13,17). The zero-order chi connectivity index (χ0) is 12.4. The summed E-state index contributed by atoms with van der Waals surface area (Å²) in [6, 6.07) is 7.40. The molecule has 0 radical (unpaired) electrons. The van der Waals surface area contributed by atoms with Gasteiger partial charge in [-0.3, -0.25) is 4.79 Å². The Morgan fingerprint density at radius 3 is 2.41 bits per heavy atom. The molecule has 1 aromatic carbocycles. The van der Waals surface area contributed by atoms with Crippen LogP contribution in [-0.2, 0) is 4.79 Å². The molecular weight excluding hydrogens is 216 g/mol. The summed E-state index contributed by atoms with van der Waals surface area (Å²) in [5.41, 5.74) is 6.80. The molecule has 5 heteroatoms. The molecule has 1 amide bonds. The highest BCUT2D eigenvalue weighted by atomic mass is 16.1. The highest BCUT2D eigenvalue weighted by Gasteiger charge is 2.25. The molecule has 0 saturated carbocycles. The van der Waals surface area contributed by atoms with Gasteiger partial charge in [0.15, 0.2) is 5.82 Å². The van der Waals surface area contributed by atoms with Crippen LogP contribution in [0, 0.1) is 5.92 Å². The maximum atomic E-state index is 11.4.